The van der Waals surface area contributed by atoms with Crippen molar-refractivity contribution in [1.29, 1.82) is 0 Å². The van der Waals surface area contributed by atoms with Gasteiger partial charge in [0.2, 0.25) is 0 Å². The number of carbonyl (C=O) groups excluding carboxylic acids is 1. The fourth-order valence-corrected chi connectivity index (χ4v) is 2.97. The molecule has 0 bridgehead atoms. The van der Waals surface area contributed by atoms with Crippen molar-refractivity contribution in [2.45, 2.75) is 39.7 Å². The molecule has 0 aliphatic carbocycles. The van der Waals surface area contributed by atoms with Gasteiger partial charge in [-0.25, -0.2) is 9.97 Å². The van der Waals surface area contributed by atoms with Gasteiger partial charge in [-0.1, -0.05) is 6.92 Å². The zero-order chi connectivity index (χ0) is 18.5. The Morgan fingerprint density at radius 1 is 1.19 bits per heavy atom. The summed E-state index contributed by atoms with van der Waals surface area (Å²) in [5.41, 5.74) is 1.08. The third-order valence-corrected chi connectivity index (χ3v) is 4.48. The molecule has 1 N–H and O–H groups in total. The first-order valence-electron chi connectivity index (χ1n) is 9.16. The van der Waals surface area contributed by atoms with Crippen LogP contribution < -0.4 is 15.0 Å². The van der Waals surface area contributed by atoms with Crippen LogP contribution in [0.3, 0.4) is 0 Å². The lowest BCUT2D eigenvalue weighted by molar-refractivity contribution is 0.102. The lowest BCUT2D eigenvalue weighted by atomic mass is 9.99. The van der Waals surface area contributed by atoms with Crippen molar-refractivity contribution in [1.82, 2.24) is 9.97 Å². The zero-order valence-corrected chi connectivity index (χ0v) is 15.6. The van der Waals surface area contributed by atoms with E-state index in [9.17, 15) is 4.79 Å². The van der Waals surface area contributed by atoms with Crippen LogP contribution >= 0.6 is 0 Å². The molecule has 1 aliphatic heterocycles. The minimum atomic E-state index is -0.239. The third kappa shape index (κ3) is 4.71. The van der Waals surface area contributed by atoms with E-state index in [1.165, 1.54) is 6.33 Å². The van der Waals surface area contributed by atoms with Crippen molar-refractivity contribution in [2.75, 3.05) is 23.3 Å². The zero-order valence-electron chi connectivity index (χ0n) is 15.6. The Hall–Kier alpha value is -2.63. The quantitative estimate of drug-likeness (QED) is 0.886. The van der Waals surface area contributed by atoms with Crippen LogP contribution in [0.4, 0.5) is 11.5 Å². The maximum absolute atomic E-state index is 12.5. The lowest BCUT2D eigenvalue weighted by Crippen LogP contribution is -2.33. The average molecular weight is 354 g/mol. The fraction of sp³-hybridized carbons (Fsp3) is 0.450. The topological polar surface area (TPSA) is 67.4 Å². The first kappa shape index (κ1) is 18.2. The van der Waals surface area contributed by atoms with E-state index in [0.29, 0.717) is 11.4 Å². The summed E-state index contributed by atoms with van der Waals surface area (Å²) in [6.07, 6.45) is 3.88. The summed E-state index contributed by atoms with van der Waals surface area (Å²) in [6, 6.07) is 9.10. The molecule has 2 aromatic rings. The number of nitrogens with one attached hydrogen (secondary N) is 1. The van der Waals surface area contributed by atoms with Crippen LogP contribution in [0.15, 0.2) is 36.7 Å². The number of ether oxygens (including phenoxy) is 1. The number of rotatable bonds is 5. The minimum Gasteiger partial charge on any atom is -0.491 e. The van der Waals surface area contributed by atoms with Gasteiger partial charge in [-0.05, 0) is 56.9 Å². The van der Waals surface area contributed by atoms with Gasteiger partial charge in [-0.3, -0.25) is 4.79 Å². The Morgan fingerprint density at radius 3 is 2.54 bits per heavy atom. The summed E-state index contributed by atoms with van der Waals surface area (Å²) < 4.78 is 5.61. The van der Waals surface area contributed by atoms with Gasteiger partial charge in [0.15, 0.2) is 0 Å². The number of aromatic nitrogens is 2. The summed E-state index contributed by atoms with van der Waals surface area (Å²) in [4.78, 5) is 23.2. The minimum absolute atomic E-state index is 0.118. The van der Waals surface area contributed by atoms with E-state index in [1.807, 2.05) is 38.1 Å². The average Bonchev–Trinajstić information content (AvgIpc) is 2.63. The van der Waals surface area contributed by atoms with Gasteiger partial charge >= 0.3 is 0 Å². The van der Waals surface area contributed by atoms with Crippen LogP contribution in [0.1, 0.15) is 44.1 Å². The third-order valence-electron chi connectivity index (χ3n) is 4.48. The molecule has 26 heavy (non-hydrogen) atoms. The number of anilines is 2. The summed E-state index contributed by atoms with van der Waals surface area (Å²) in [5.74, 6) is 2.11. The Kier molecular flexibility index (Phi) is 5.71. The first-order chi connectivity index (χ1) is 12.5. The van der Waals surface area contributed by atoms with Crippen LogP contribution in [0.25, 0.3) is 0 Å². The van der Waals surface area contributed by atoms with Crippen molar-refractivity contribution in [3.05, 3.63) is 42.4 Å². The van der Waals surface area contributed by atoms with Gasteiger partial charge in [0.1, 0.15) is 23.6 Å². The van der Waals surface area contributed by atoms with Crippen molar-refractivity contribution in [3.8, 4) is 5.75 Å². The highest BCUT2D eigenvalue weighted by Gasteiger charge is 2.18. The molecule has 1 aromatic heterocycles. The van der Waals surface area contributed by atoms with E-state index < -0.39 is 0 Å². The predicted octanol–water partition coefficient (Wildman–Crippen LogP) is 3.75. The van der Waals surface area contributed by atoms with Gasteiger partial charge in [0, 0.05) is 24.8 Å². The van der Waals surface area contributed by atoms with Crippen LogP contribution in [0, 0.1) is 5.92 Å². The lowest BCUT2D eigenvalue weighted by Gasteiger charge is -2.31. The molecule has 138 valence electrons. The molecule has 6 heteroatoms. The molecular formula is C20H26N4O2. The molecule has 2 heterocycles. The van der Waals surface area contributed by atoms with E-state index in [0.717, 1.165) is 43.4 Å². The Labute approximate surface area is 154 Å². The Balaban J connectivity index is 1.65. The maximum Gasteiger partial charge on any atom is 0.274 e. The van der Waals surface area contributed by atoms with Crippen LogP contribution in [-0.2, 0) is 0 Å². The largest absolute Gasteiger partial charge is 0.491 e. The van der Waals surface area contributed by atoms with Crippen LogP contribution in [0.2, 0.25) is 0 Å². The summed E-state index contributed by atoms with van der Waals surface area (Å²) >= 11 is 0. The summed E-state index contributed by atoms with van der Waals surface area (Å²) in [6.45, 7) is 8.16. The second-order valence-electron chi connectivity index (χ2n) is 7.08. The molecular weight excluding hydrogens is 328 g/mol. The number of hydrogen-bond donors (Lipinski definition) is 1. The normalized spacial score (nSPS) is 15.2. The molecule has 1 aliphatic rings. The highest BCUT2D eigenvalue weighted by Crippen LogP contribution is 2.22. The van der Waals surface area contributed by atoms with Gasteiger partial charge < -0.3 is 15.0 Å². The van der Waals surface area contributed by atoms with Gasteiger partial charge in [-0.2, -0.15) is 0 Å². The van der Waals surface area contributed by atoms with Crippen molar-refractivity contribution < 1.29 is 9.53 Å². The SMILES string of the molecule is CC1CCN(c2cc(C(=O)Nc3ccc(OC(C)C)cc3)ncn2)CC1. The van der Waals surface area contributed by atoms with E-state index in [4.69, 9.17) is 4.74 Å². The molecule has 0 saturated carbocycles. The molecule has 1 saturated heterocycles. The molecule has 6 nitrogen and oxygen atoms in total. The molecule has 0 unspecified atom stereocenters. The predicted molar refractivity (Wildman–Crippen MR) is 103 cm³/mol. The summed E-state index contributed by atoms with van der Waals surface area (Å²) in [5, 5.41) is 2.87. The number of nitrogens with zero attached hydrogens (tertiary/aromatic N) is 3. The van der Waals surface area contributed by atoms with Crippen LogP contribution in [-0.4, -0.2) is 35.1 Å². The first-order valence-corrected chi connectivity index (χ1v) is 9.16. The van der Waals surface area contributed by atoms with E-state index in [2.05, 4.69) is 27.1 Å². The van der Waals surface area contributed by atoms with Gasteiger partial charge in [-0.15, -0.1) is 0 Å². The molecule has 0 atom stereocenters. The van der Waals surface area contributed by atoms with Crippen molar-refractivity contribution in [3.63, 3.8) is 0 Å². The highest BCUT2D eigenvalue weighted by atomic mass is 16.5. The standard InChI is InChI=1S/C20H26N4O2/c1-14(2)26-17-6-4-16(5-7-17)23-20(25)18-12-19(22-13-21-18)24-10-8-15(3)9-11-24/h4-7,12-15H,8-11H2,1-3H3,(H,23,25). The number of hydrogen-bond acceptors (Lipinski definition) is 5. The Bertz CT molecular complexity index is 738. The van der Waals surface area contributed by atoms with Crippen molar-refractivity contribution in [2.24, 2.45) is 5.92 Å². The van der Waals surface area contributed by atoms with E-state index in [-0.39, 0.29) is 12.0 Å². The second-order valence-corrected chi connectivity index (χ2v) is 7.08. The monoisotopic (exact) mass is 354 g/mol. The van der Waals surface area contributed by atoms with E-state index in [1.54, 1.807) is 6.07 Å². The summed E-state index contributed by atoms with van der Waals surface area (Å²) in [7, 11) is 0. The van der Waals surface area contributed by atoms with Gasteiger partial charge in [0.05, 0.1) is 6.10 Å². The highest BCUT2D eigenvalue weighted by molar-refractivity contribution is 6.03. The Morgan fingerprint density at radius 2 is 1.88 bits per heavy atom. The molecule has 1 amide bonds. The van der Waals surface area contributed by atoms with Crippen LogP contribution in [0.5, 0.6) is 5.75 Å². The number of benzene rings is 1. The van der Waals surface area contributed by atoms with Gasteiger partial charge in [0.25, 0.3) is 5.91 Å². The smallest absolute Gasteiger partial charge is 0.274 e. The number of carbonyl (C=O) groups is 1. The van der Waals surface area contributed by atoms with E-state index >= 15 is 0 Å². The molecule has 3 rings (SSSR count). The molecule has 1 aromatic carbocycles. The second kappa shape index (κ2) is 8.17. The van der Waals surface area contributed by atoms with Crippen molar-refractivity contribution >= 4 is 17.4 Å². The maximum atomic E-state index is 12.5. The fourth-order valence-electron chi connectivity index (χ4n) is 2.97. The molecule has 0 radical (unpaired) electrons. The molecule has 0 spiro atoms. The number of amides is 1. The molecule has 1 fully saturated rings. The number of piperidine rings is 1.